The molecule has 26 heavy (non-hydrogen) atoms. The van der Waals surface area contributed by atoms with Gasteiger partial charge >= 0.3 is 0 Å². The van der Waals surface area contributed by atoms with Gasteiger partial charge in [-0.2, -0.15) is 5.10 Å². The second-order valence-electron chi connectivity index (χ2n) is 7.03. The first kappa shape index (κ1) is 16.6. The molecular formula is C22H23N3O. The highest BCUT2D eigenvalue weighted by molar-refractivity contribution is 5.91. The van der Waals surface area contributed by atoms with E-state index in [2.05, 4.69) is 29.5 Å². The fourth-order valence-corrected chi connectivity index (χ4v) is 3.62. The predicted molar refractivity (Wildman–Crippen MR) is 102 cm³/mol. The number of carbonyl (C=O) groups excluding carboxylic acids is 1. The summed E-state index contributed by atoms with van der Waals surface area (Å²) in [6.45, 7) is 4.56. The summed E-state index contributed by atoms with van der Waals surface area (Å²) in [6.07, 6.45) is 1.84. The zero-order chi connectivity index (χ0) is 18.1. The number of nitrogens with one attached hydrogen (secondary N) is 1. The van der Waals surface area contributed by atoms with Gasteiger partial charge < -0.3 is 5.32 Å². The molecule has 4 heteroatoms. The molecule has 1 N–H and O–H groups in total. The Morgan fingerprint density at radius 1 is 1.04 bits per heavy atom. The second-order valence-corrected chi connectivity index (χ2v) is 7.03. The van der Waals surface area contributed by atoms with Crippen molar-refractivity contribution >= 4 is 5.91 Å². The largest absolute Gasteiger partial charge is 0.351 e. The fourth-order valence-electron chi connectivity index (χ4n) is 3.62. The summed E-state index contributed by atoms with van der Waals surface area (Å²) in [5, 5.41) is 7.81. The molecule has 4 nitrogen and oxygen atoms in total. The van der Waals surface area contributed by atoms with Crippen molar-refractivity contribution in [2.24, 2.45) is 0 Å². The van der Waals surface area contributed by atoms with Crippen LogP contribution in [0.15, 0.2) is 60.7 Å². The van der Waals surface area contributed by atoms with Crippen molar-refractivity contribution in [2.45, 2.75) is 38.6 Å². The first-order valence-electron chi connectivity index (χ1n) is 9.06. The third-order valence-corrected chi connectivity index (χ3v) is 5.38. The maximum absolute atomic E-state index is 12.9. The van der Waals surface area contributed by atoms with Crippen LogP contribution in [-0.4, -0.2) is 15.7 Å². The average Bonchev–Trinajstić information content (AvgIpc) is 3.44. The molecule has 1 fully saturated rings. The Morgan fingerprint density at radius 2 is 1.65 bits per heavy atom. The molecule has 1 aromatic heterocycles. The third kappa shape index (κ3) is 2.81. The molecule has 0 aliphatic heterocycles. The maximum Gasteiger partial charge on any atom is 0.230 e. The van der Waals surface area contributed by atoms with Crippen molar-refractivity contribution < 1.29 is 4.79 Å². The summed E-state index contributed by atoms with van der Waals surface area (Å²) >= 11 is 0. The molecule has 0 atom stereocenters. The Morgan fingerprint density at radius 3 is 2.27 bits per heavy atom. The van der Waals surface area contributed by atoms with E-state index in [1.54, 1.807) is 0 Å². The molecule has 3 aromatic rings. The van der Waals surface area contributed by atoms with Gasteiger partial charge in [0.2, 0.25) is 5.91 Å². The number of carbonyl (C=O) groups is 1. The Bertz CT molecular complexity index is 925. The average molecular weight is 345 g/mol. The number of hydrogen-bond donors (Lipinski definition) is 1. The van der Waals surface area contributed by atoms with Gasteiger partial charge in [0.15, 0.2) is 0 Å². The number of nitrogens with zero attached hydrogens (tertiary/aromatic N) is 2. The van der Waals surface area contributed by atoms with Gasteiger partial charge in [0, 0.05) is 17.8 Å². The molecule has 1 aliphatic rings. The number of hydrogen-bond acceptors (Lipinski definition) is 2. The minimum absolute atomic E-state index is 0.120. The van der Waals surface area contributed by atoms with Crippen molar-refractivity contribution in [1.82, 2.24) is 15.1 Å². The van der Waals surface area contributed by atoms with Crippen molar-refractivity contribution in [1.29, 1.82) is 0 Å². The smallest absolute Gasteiger partial charge is 0.230 e. The number of benzene rings is 2. The first-order chi connectivity index (χ1) is 12.6. The molecule has 1 amide bonds. The van der Waals surface area contributed by atoms with Gasteiger partial charge in [0.1, 0.15) is 0 Å². The lowest BCUT2D eigenvalue weighted by molar-refractivity contribution is -0.123. The van der Waals surface area contributed by atoms with E-state index < -0.39 is 0 Å². The Kier molecular flexibility index (Phi) is 4.11. The van der Waals surface area contributed by atoms with Crippen molar-refractivity contribution in [3.8, 4) is 5.69 Å². The number of para-hydroxylation sites is 1. The quantitative estimate of drug-likeness (QED) is 0.764. The molecule has 1 heterocycles. The van der Waals surface area contributed by atoms with Gasteiger partial charge in [0.25, 0.3) is 0 Å². The predicted octanol–water partition coefficient (Wildman–Crippen LogP) is 3.84. The molecule has 0 bridgehead atoms. The normalized spacial score (nSPS) is 14.8. The number of amides is 1. The van der Waals surface area contributed by atoms with E-state index in [1.165, 1.54) is 0 Å². The van der Waals surface area contributed by atoms with E-state index in [4.69, 9.17) is 0 Å². The van der Waals surface area contributed by atoms with Crippen LogP contribution in [0.2, 0.25) is 0 Å². The van der Waals surface area contributed by atoms with Gasteiger partial charge in [-0.1, -0.05) is 48.5 Å². The summed E-state index contributed by atoms with van der Waals surface area (Å²) in [5.74, 6) is 0.120. The Hall–Kier alpha value is -2.88. The van der Waals surface area contributed by atoms with Gasteiger partial charge in [0.05, 0.1) is 16.8 Å². The van der Waals surface area contributed by atoms with E-state index in [0.717, 1.165) is 41.0 Å². The first-order valence-corrected chi connectivity index (χ1v) is 9.06. The zero-order valence-corrected chi connectivity index (χ0v) is 15.2. The van der Waals surface area contributed by atoms with Crippen LogP contribution in [0.25, 0.3) is 5.69 Å². The topological polar surface area (TPSA) is 46.9 Å². The van der Waals surface area contributed by atoms with Crippen LogP contribution in [0.3, 0.4) is 0 Å². The summed E-state index contributed by atoms with van der Waals surface area (Å²) in [5.41, 5.74) is 4.93. The van der Waals surface area contributed by atoms with E-state index in [0.29, 0.717) is 6.54 Å². The lowest BCUT2D eigenvalue weighted by Gasteiger charge is -2.16. The van der Waals surface area contributed by atoms with Crippen molar-refractivity contribution in [3.05, 3.63) is 83.2 Å². The lowest BCUT2D eigenvalue weighted by atomic mass is 9.95. The highest BCUT2D eigenvalue weighted by atomic mass is 16.2. The number of aryl methyl sites for hydroxylation is 1. The van der Waals surface area contributed by atoms with E-state index in [-0.39, 0.29) is 11.3 Å². The van der Waals surface area contributed by atoms with E-state index in [9.17, 15) is 4.79 Å². The molecule has 0 unspecified atom stereocenters. The van der Waals surface area contributed by atoms with Gasteiger partial charge in [-0.15, -0.1) is 0 Å². The SMILES string of the molecule is Cc1nn(-c2ccccc2)c(C)c1CNC(=O)C1(c2ccccc2)CC1. The standard InChI is InChI=1S/C22H23N3O/c1-16-20(17(2)25(24-16)19-11-7-4-8-12-19)15-23-21(26)22(13-14-22)18-9-5-3-6-10-18/h3-12H,13-15H2,1-2H3,(H,23,26). The fraction of sp³-hybridized carbons (Fsp3) is 0.273. The third-order valence-electron chi connectivity index (χ3n) is 5.38. The molecule has 0 spiro atoms. The minimum Gasteiger partial charge on any atom is -0.351 e. The van der Waals surface area contributed by atoms with Crippen LogP contribution in [0.5, 0.6) is 0 Å². The molecule has 2 aromatic carbocycles. The summed E-state index contributed by atoms with van der Waals surface area (Å²) in [7, 11) is 0. The minimum atomic E-state index is -0.335. The molecule has 1 saturated carbocycles. The van der Waals surface area contributed by atoms with Crippen LogP contribution >= 0.6 is 0 Å². The molecule has 0 saturated heterocycles. The Labute approximate surface area is 153 Å². The highest BCUT2D eigenvalue weighted by Crippen LogP contribution is 2.48. The number of aromatic nitrogens is 2. The van der Waals surface area contributed by atoms with E-state index >= 15 is 0 Å². The monoisotopic (exact) mass is 345 g/mol. The number of rotatable bonds is 5. The highest BCUT2D eigenvalue weighted by Gasteiger charge is 2.51. The van der Waals surface area contributed by atoms with Crippen LogP contribution in [-0.2, 0) is 16.8 Å². The lowest BCUT2D eigenvalue weighted by Crippen LogP contribution is -2.34. The van der Waals surface area contributed by atoms with Crippen molar-refractivity contribution in [3.63, 3.8) is 0 Å². The summed E-state index contributed by atoms with van der Waals surface area (Å²) < 4.78 is 1.95. The van der Waals surface area contributed by atoms with E-state index in [1.807, 2.05) is 60.1 Å². The van der Waals surface area contributed by atoms with Gasteiger partial charge in [-0.05, 0) is 44.4 Å². The Balaban J connectivity index is 1.52. The second kappa shape index (κ2) is 6.45. The van der Waals surface area contributed by atoms with Gasteiger partial charge in [-0.3, -0.25) is 4.79 Å². The maximum atomic E-state index is 12.9. The van der Waals surface area contributed by atoms with Crippen LogP contribution in [0.4, 0.5) is 0 Å². The molecule has 1 aliphatic carbocycles. The van der Waals surface area contributed by atoms with Crippen LogP contribution in [0.1, 0.15) is 35.4 Å². The summed E-state index contributed by atoms with van der Waals surface area (Å²) in [4.78, 5) is 12.9. The molecule has 0 radical (unpaired) electrons. The van der Waals surface area contributed by atoms with Crippen LogP contribution < -0.4 is 5.32 Å². The van der Waals surface area contributed by atoms with Crippen molar-refractivity contribution in [2.75, 3.05) is 0 Å². The molecule has 4 rings (SSSR count). The molecular weight excluding hydrogens is 322 g/mol. The van der Waals surface area contributed by atoms with Crippen LogP contribution in [0, 0.1) is 13.8 Å². The zero-order valence-electron chi connectivity index (χ0n) is 15.2. The van der Waals surface area contributed by atoms with Gasteiger partial charge in [-0.25, -0.2) is 4.68 Å². The molecule has 132 valence electrons. The summed E-state index contributed by atoms with van der Waals surface area (Å²) in [6, 6.07) is 20.2.